The van der Waals surface area contributed by atoms with E-state index in [1.54, 1.807) is 4.90 Å². The molecule has 2 heterocycles. The van der Waals surface area contributed by atoms with Gasteiger partial charge in [-0.1, -0.05) is 12.1 Å². The van der Waals surface area contributed by atoms with Crippen LogP contribution in [-0.2, 0) is 0 Å². The molecule has 3 rings (SSSR count). The second-order valence-electron chi connectivity index (χ2n) is 2.76. The number of rotatable bonds is 0. The van der Waals surface area contributed by atoms with Crippen molar-refractivity contribution in [1.82, 2.24) is 0 Å². The first-order valence-electron chi connectivity index (χ1n) is 3.56. The number of nitrogens with zero attached hydrogens (tertiary/aromatic N) is 1. The van der Waals surface area contributed by atoms with E-state index in [1.165, 1.54) is 0 Å². The Labute approximate surface area is 63.2 Å². The smallest absolute Gasteiger partial charge is 0.232 e. The minimum absolute atomic E-state index is 0.326. The molecule has 0 aromatic heterocycles. The number of hydrogen-bond donors (Lipinski definition) is 0. The van der Waals surface area contributed by atoms with Crippen LogP contribution in [-0.4, -0.2) is 12.5 Å². The number of halogens is 1. The average molecular weight is 151 g/mol. The number of benzene rings is 1. The fraction of sp³-hybridized carbons (Fsp3) is 0.250. The summed E-state index contributed by atoms with van der Waals surface area (Å²) in [5, 5.41) is 0. The standard InChI is InChI=1S/C8H6FNO/c9-7-8-10(7)5-3-1-2-4-6(5)11-8/h1-4,7-8H. The van der Waals surface area contributed by atoms with Gasteiger partial charge in [0.2, 0.25) is 12.5 Å². The second-order valence-corrected chi connectivity index (χ2v) is 2.76. The molecule has 2 nitrogen and oxygen atoms in total. The van der Waals surface area contributed by atoms with Crippen molar-refractivity contribution in [3.05, 3.63) is 24.3 Å². The molecule has 11 heavy (non-hydrogen) atoms. The number of hydrogen-bond acceptors (Lipinski definition) is 2. The molecule has 1 fully saturated rings. The maximum absolute atomic E-state index is 12.7. The Morgan fingerprint density at radius 2 is 2.18 bits per heavy atom. The second kappa shape index (κ2) is 1.49. The molecule has 56 valence electrons. The first kappa shape index (κ1) is 5.41. The quantitative estimate of drug-likeness (QED) is 0.411. The fourth-order valence-electron chi connectivity index (χ4n) is 1.47. The number of anilines is 1. The predicted molar refractivity (Wildman–Crippen MR) is 38.2 cm³/mol. The van der Waals surface area contributed by atoms with E-state index in [0.29, 0.717) is 0 Å². The zero-order valence-electron chi connectivity index (χ0n) is 5.70. The first-order chi connectivity index (χ1) is 5.38. The van der Waals surface area contributed by atoms with E-state index >= 15 is 0 Å². The molecule has 2 unspecified atom stereocenters. The lowest BCUT2D eigenvalue weighted by Gasteiger charge is -2.00. The third-order valence-electron chi connectivity index (χ3n) is 2.08. The van der Waals surface area contributed by atoms with Gasteiger partial charge in [0.25, 0.3) is 0 Å². The van der Waals surface area contributed by atoms with E-state index < -0.39 is 6.30 Å². The summed E-state index contributed by atoms with van der Waals surface area (Å²) < 4.78 is 17.9. The largest absolute Gasteiger partial charge is 0.463 e. The van der Waals surface area contributed by atoms with Crippen molar-refractivity contribution in [2.24, 2.45) is 0 Å². The highest BCUT2D eigenvalue weighted by Gasteiger charge is 2.56. The number of fused-ring (bicyclic) bond motifs is 3. The van der Waals surface area contributed by atoms with E-state index in [2.05, 4.69) is 0 Å². The highest BCUT2D eigenvalue weighted by Crippen LogP contribution is 2.48. The summed E-state index contributed by atoms with van der Waals surface area (Å²) in [4.78, 5) is 1.62. The highest BCUT2D eigenvalue weighted by molar-refractivity contribution is 5.68. The summed E-state index contributed by atoms with van der Waals surface area (Å²) in [7, 11) is 0. The van der Waals surface area contributed by atoms with Gasteiger partial charge in [0.1, 0.15) is 5.75 Å². The van der Waals surface area contributed by atoms with Gasteiger partial charge in [-0.2, -0.15) is 0 Å². The average Bonchev–Trinajstić information content (AvgIpc) is 2.55. The molecule has 2 atom stereocenters. The minimum atomic E-state index is -0.912. The Bertz CT molecular complexity index is 315. The third-order valence-corrected chi connectivity index (χ3v) is 2.08. The van der Waals surface area contributed by atoms with Gasteiger partial charge in [-0.25, -0.2) is 4.39 Å². The molecule has 2 aliphatic heterocycles. The summed E-state index contributed by atoms with van der Waals surface area (Å²) in [6, 6.07) is 7.50. The van der Waals surface area contributed by atoms with Gasteiger partial charge >= 0.3 is 0 Å². The zero-order chi connectivity index (χ0) is 7.42. The van der Waals surface area contributed by atoms with Gasteiger partial charge < -0.3 is 4.74 Å². The molecule has 0 saturated carbocycles. The third kappa shape index (κ3) is 0.518. The van der Waals surface area contributed by atoms with E-state index in [0.717, 1.165) is 11.4 Å². The van der Waals surface area contributed by atoms with Crippen LogP contribution in [0.2, 0.25) is 0 Å². The molecule has 3 heteroatoms. The van der Waals surface area contributed by atoms with Gasteiger partial charge in [0.15, 0.2) is 0 Å². The van der Waals surface area contributed by atoms with Gasteiger partial charge in [0.05, 0.1) is 5.69 Å². The van der Waals surface area contributed by atoms with Crippen molar-refractivity contribution in [1.29, 1.82) is 0 Å². The Balaban J connectivity index is 2.13. The predicted octanol–water partition coefficient (Wildman–Crippen LogP) is 1.52. The maximum atomic E-state index is 12.7. The van der Waals surface area contributed by atoms with Crippen LogP contribution in [0.25, 0.3) is 0 Å². The van der Waals surface area contributed by atoms with Crippen molar-refractivity contribution in [2.45, 2.75) is 12.5 Å². The van der Waals surface area contributed by atoms with Crippen LogP contribution in [0, 0.1) is 0 Å². The molecular weight excluding hydrogens is 145 g/mol. The van der Waals surface area contributed by atoms with Crippen LogP contribution in [0.15, 0.2) is 24.3 Å². The Morgan fingerprint density at radius 3 is 3.09 bits per heavy atom. The van der Waals surface area contributed by atoms with Crippen molar-refractivity contribution in [3.63, 3.8) is 0 Å². The summed E-state index contributed by atoms with van der Waals surface area (Å²) in [5.74, 6) is 0.798. The van der Waals surface area contributed by atoms with Crippen molar-refractivity contribution in [2.75, 3.05) is 4.90 Å². The molecule has 2 aliphatic rings. The lowest BCUT2D eigenvalue weighted by atomic mass is 10.3. The van der Waals surface area contributed by atoms with Crippen LogP contribution < -0.4 is 9.64 Å². The topological polar surface area (TPSA) is 12.2 Å². The van der Waals surface area contributed by atoms with E-state index in [-0.39, 0.29) is 6.23 Å². The van der Waals surface area contributed by atoms with Crippen LogP contribution in [0.5, 0.6) is 5.75 Å². The summed E-state index contributed by atoms with van der Waals surface area (Å²) in [5.41, 5.74) is 0.880. The lowest BCUT2D eigenvalue weighted by molar-refractivity contribution is 0.268. The first-order valence-corrected chi connectivity index (χ1v) is 3.56. The van der Waals surface area contributed by atoms with Crippen molar-refractivity contribution in [3.8, 4) is 5.75 Å². The number of ether oxygens (including phenoxy) is 1. The van der Waals surface area contributed by atoms with Crippen molar-refractivity contribution >= 4 is 5.69 Å². The molecular formula is C8H6FNO. The normalized spacial score (nSPS) is 30.8. The monoisotopic (exact) mass is 151 g/mol. The molecule has 0 bridgehead atoms. The van der Waals surface area contributed by atoms with Gasteiger partial charge in [-0.15, -0.1) is 0 Å². The van der Waals surface area contributed by atoms with E-state index in [4.69, 9.17) is 4.74 Å². The summed E-state index contributed by atoms with van der Waals surface area (Å²) in [6.07, 6.45) is -1.24. The van der Waals surface area contributed by atoms with E-state index in [9.17, 15) is 4.39 Å². The molecule has 0 radical (unpaired) electrons. The molecule has 0 amide bonds. The molecule has 1 aromatic carbocycles. The SMILES string of the molecule is FC1C2Oc3ccccc3N12. The fourth-order valence-corrected chi connectivity index (χ4v) is 1.47. The van der Waals surface area contributed by atoms with Crippen LogP contribution in [0.3, 0.4) is 0 Å². The van der Waals surface area contributed by atoms with Crippen LogP contribution >= 0.6 is 0 Å². The molecule has 0 N–H and O–H groups in total. The van der Waals surface area contributed by atoms with Crippen LogP contribution in [0.4, 0.5) is 10.1 Å². The molecule has 1 aromatic rings. The van der Waals surface area contributed by atoms with Gasteiger partial charge in [-0.05, 0) is 12.1 Å². The Kier molecular flexibility index (Phi) is 0.735. The Hall–Kier alpha value is -1.25. The molecule has 1 saturated heterocycles. The van der Waals surface area contributed by atoms with Gasteiger partial charge in [0, 0.05) is 0 Å². The van der Waals surface area contributed by atoms with E-state index in [1.807, 2.05) is 24.3 Å². The number of alkyl halides is 1. The Morgan fingerprint density at radius 1 is 1.36 bits per heavy atom. The lowest BCUT2D eigenvalue weighted by Crippen LogP contribution is -1.97. The van der Waals surface area contributed by atoms with Crippen molar-refractivity contribution < 1.29 is 9.13 Å². The highest BCUT2D eigenvalue weighted by atomic mass is 19.1. The number of para-hydroxylation sites is 2. The minimum Gasteiger partial charge on any atom is -0.463 e. The summed E-state index contributed by atoms with van der Waals surface area (Å²) in [6.45, 7) is 0. The maximum Gasteiger partial charge on any atom is 0.232 e. The molecule has 0 spiro atoms. The molecule has 0 aliphatic carbocycles. The van der Waals surface area contributed by atoms with Crippen LogP contribution in [0.1, 0.15) is 0 Å². The summed E-state index contributed by atoms with van der Waals surface area (Å²) >= 11 is 0. The zero-order valence-corrected chi connectivity index (χ0v) is 5.70. The van der Waals surface area contributed by atoms with Gasteiger partial charge in [-0.3, -0.25) is 4.90 Å².